The minimum Gasteiger partial charge on any atom is -0.491 e. The van der Waals surface area contributed by atoms with Gasteiger partial charge in [-0.15, -0.1) is 0 Å². The molecule has 1 rings (SSSR count). The number of hydrogen-bond donors (Lipinski definition) is 1. The number of para-hydroxylation sites is 1. The predicted molar refractivity (Wildman–Crippen MR) is 65.0 cm³/mol. The Morgan fingerprint density at radius 1 is 1.60 bits per heavy atom. The van der Waals surface area contributed by atoms with E-state index in [1.807, 2.05) is 6.26 Å². The largest absolute Gasteiger partial charge is 0.491 e. The third-order valence-corrected chi connectivity index (χ3v) is 2.93. The second-order valence-electron chi connectivity index (χ2n) is 2.76. The molecule has 0 heterocycles. The zero-order chi connectivity index (χ0) is 11.3. The molecular weight excluding hydrogens is 280 g/mol. The maximum atomic E-state index is 10.9. The van der Waals surface area contributed by atoms with Crippen molar-refractivity contribution in [2.24, 2.45) is 0 Å². The normalized spacial score (nSPS) is 10.0. The predicted octanol–water partition coefficient (Wildman–Crippen LogP) is 2.89. The Morgan fingerprint density at radius 2 is 2.33 bits per heavy atom. The molecule has 1 N–H and O–H groups in total. The van der Waals surface area contributed by atoms with E-state index in [-0.39, 0.29) is 5.56 Å². The third kappa shape index (κ3) is 3.43. The Bertz CT molecular complexity index is 355. The highest BCUT2D eigenvalue weighted by atomic mass is 79.9. The van der Waals surface area contributed by atoms with Crippen molar-refractivity contribution in [2.75, 3.05) is 18.6 Å². The molecule has 1 aromatic carbocycles. The number of ether oxygens (including phenoxy) is 1. The summed E-state index contributed by atoms with van der Waals surface area (Å²) in [5, 5.41) is 8.94. The summed E-state index contributed by atoms with van der Waals surface area (Å²) in [7, 11) is 0. The molecule has 0 bridgehead atoms. The lowest BCUT2D eigenvalue weighted by atomic mass is 10.2. The Hall–Kier alpha value is -0.680. The summed E-state index contributed by atoms with van der Waals surface area (Å²) in [6.45, 7) is 0.504. The maximum absolute atomic E-state index is 10.9. The minimum atomic E-state index is -0.976. The van der Waals surface area contributed by atoms with E-state index in [0.717, 1.165) is 5.75 Å². The van der Waals surface area contributed by atoms with Crippen molar-refractivity contribution in [3.63, 3.8) is 0 Å². The number of hydrogen-bond acceptors (Lipinski definition) is 3. The fourth-order valence-electron chi connectivity index (χ4n) is 1.05. The SMILES string of the molecule is CSCCOc1c(Br)cccc1C(=O)O. The number of carbonyl (C=O) groups is 1. The molecule has 1 aromatic rings. The summed E-state index contributed by atoms with van der Waals surface area (Å²) in [6, 6.07) is 4.97. The van der Waals surface area contributed by atoms with Crippen LogP contribution in [0.1, 0.15) is 10.4 Å². The fraction of sp³-hybridized carbons (Fsp3) is 0.300. The standard InChI is InChI=1S/C10H11BrO3S/c1-15-6-5-14-9-7(10(12)13)3-2-4-8(9)11/h2-4H,5-6H2,1H3,(H,12,13). The van der Waals surface area contributed by atoms with Crippen LogP contribution in [0.3, 0.4) is 0 Å². The van der Waals surface area contributed by atoms with E-state index in [1.54, 1.807) is 23.9 Å². The van der Waals surface area contributed by atoms with Gasteiger partial charge in [0, 0.05) is 5.75 Å². The Kier molecular flexibility index (Phi) is 4.98. The second kappa shape index (κ2) is 6.02. The van der Waals surface area contributed by atoms with Crippen molar-refractivity contribution >= 4 is 33.7 Å². The molecule has 0 amide bonds. The van der Waals surface area contributed by atoms with Crippen LogP contribution in [-0.4, -0.2) is 29.7 Å². The van der Waals surface area contributed by atoms with E-state index in [9.17, 15) is 4.79 Å². The lowest BCUT2D eigenvalue weighted by Crippen LogP contribution is -2.06. The maximum Gasteiger partial charge on any atom is 0.339 e. The molecule has 0 radical (unpaired) electrons. The summed E-state index contributed by atoms with van der Waals surface area (Å²) < 4.78 is 6.09. The van der Waals surface area contributed by atoms with Gasteiger partial charge in [-0.25, -0.2) is 4.79 Å². The average molecular weight is 291 g/mol. The van der Waals surface area contributed by atoms with Crippen molar-refractivity contribution in [3.8, 4) is 5.75 Å². The Labute approximate surface area is 101 Å². The van der Waals surface area contributed by atoms with Crippen molar-refractivity contribution in [1.82, 2.24) is 0 Å². The first-order valence-electron chi connectivity index (χ1n) is 4.30. The first-order chi connectivity index (χ1) is 7.16. The zero-order valence-corrected chi connectivity index (χ0v) is 10.6. The number of rotatable bonds is 5. The van der Waals surface area contributed by atoms with Crippen LogP contribution < -0.4 is 4.74 Å². The molecular formula is C10H11BrO3S. The summed E-state index contributed by atoms with van der Waals surface area (Å²) in [5.41, 5.74) is 0.186. The first kappa shape index (κ1) is 12.4. The smallest absolute Gasteiger partial charge is 0.339 e. The molecule has 15 heavy (non-hydrogen) atoms. The zero-order valence-electron chi connectivity index (χ0n) is 8.20. The molecule has 0 saturated heterocycles. The quantitative estimate of drug-likeness (QED) is 0.847. The van der Waals surface area contributed by atoms with Gasteiger partial charge in [0.25, 0.3) is 0 Å². The number of halogens is 1. The highest BCUT2D eigenvalue weighted by molar-refractivity contribution is 9.10. The van der Waals surface area contributed by atoms with Gasteiger partial charge in [-0.05, 0) is 34.3 Å². The average Bonchev–Trinajstić information content (AvgIpc) is 2.20. The molecule has 0 aliphatic heterocycles. The van der Waals surface area contributed by atoms with E-state index in [1.165, 1.54) is 6.07 Å². The molecule has 3 nitrogen and oxygen atoms in total. The van der Waals surface area contributed by atoms with Crippen molar-refractivity contribution in [2.45, 2.75) is 0 Å². The van der Waals surface area contributed by atoms with Gasteiger partial charge in [0.2, 0.25) is 0 Å². The van der Waals surface area contributed by atoms with Crippen LogP contribution in [-0.2, 0) is 0 Å². The summed E-state index contributed by atoms with van der Waals surface area (Å²) in [5.74, 6) is 0.259. The van der Waals surface area contributed by atoms with Gasteiger partial charge in [-0.2, -0.15) is 11.8 Å². The van der Waals surface area contributed by atoms with Crippen LogP contribution in [0.25, 0.3) is 0 Å². The third-order valence-electron chi connectivity index (χ3n) is 1.73. The van der Waals surface area contributed by atoms with Gasteiger partial charge < -0.3 is 9.84 Å². The molecule has 0 unspecified atom stereocenters. The van der Waals surface area contributed by atoms with Crippen LogP contribution in [0.4, 0.5) is 0 Å². The highest BCUT2D eigenvalue weighted by Gasteiger charge is 2.13. The first-order valence-corrected chi connectivity index (χ1v) is 6.49. The van der Waals surface area contributed by atoms with Gasteiger partial charge in [0.05, 0.1) is 11.1 Å². The van der Waals surface area contributed by atoms with Gasteiger partial charge in [0.1, 0.15) is 11.3 Å². The molecule has 0 aromatic heterocycles. The summed E-state index contributed by atoms with van der Waals surface area (Å²) in [4.78, 5) is 10.9. The van der Waals surface area contributed by atoms with Gasteiger partial charge in [-0.1, -0.05) is 6.07 Å². The summed E-state index contributed by atoms with van der Waals surface area (Å²) >= 11 is 4.93. The second-order valence-corrected chi connectivity index (χ2v) is 4.60. The monoisotopic (exact) mass is 290 g/mol. The van der Waals surface area contributed by atoms with Gasteiger partial charge in [0.15, 0.2) is 0 Å². The number of carboxylic acids is 1. The van der Waals surface area contributed by atoms with E-state index in [0.29, 0.717) is 16.8 Å². The van der Waals surface area contributed by atoms with Crippen molar-refractivity contribution in [3.05, 3.63) is 28.2 Å². The van der Waals surface area contributed by atoms with E-state index < -0.39 is 5.97 Å². The highest BCUT2D eigenvalue weighted by Crippen LogP contribution is 2.29. The van der Waals surface area contributed by atoms with Crippen LogP contribution in [0.5, 0.6) is 5.75 Å². The number of aromatic carboxylic acids is 1. The summed E-state index contributed by atoms with van der Waals surface area (Å²) in [6.07, 6.45) is 1.97. The van der Waals surface area contributed by atoms with E-state index in [2.05, 4.69) is 15.9 Å². The minimum absolute atomic E-state index is 0.186. The molecule has 0 aliphatic rings. The van der Waals surface area contributed by atoms with Crippen molar-refractivity contribution in [1.29, 1.82) is 0 Å². The number of thioether (sulfide) groups is 1. The molecule has 0 fully saturated rings. The molecule has 0 aliphatic carbocycles. The molecule has 0 spiro atoms. The van der Waals surface area contributed by atoms with E-state index in [4.69, 9.17) is 9.84 Å². The van der Waals surface area contributed by atoms with Crippen molar-refractivity contribution < 1.29 is 14.6 Å². The van der Waals surface area contributed by atoms with Crippen LogP contribution >= 0.6 is 27.7 Å². The molecule has 0 saturated carbocycles. The number of carboxylic acid groups (broad SMARTS) is 1. The van der Waals surface area contributed by atoms with E-state index >= 15 is 0 Å². The molecule has 5 heteroatoms. The molecule has 0 atom stereocenters. The van der Waals surface area contributed by atoms with Crippen LogP contribution in [0.15, 0.2) is 22.7 Å². The topological polar surface area (TPSA) is 46.5 Å². The van der Waals surface area contributed by atoms with Gasteiger partial charge >= 0.3 is 5.97 Å². The van der Waals surface area contributed by atoms with Crippen LogP contribution in [0, 0.1) is 0 Å². The Balaban J connectivity index is 2.87. The lowest BCUT2D eigenvalue weighted by Gasteiger charge is -2.10. The van der Waals surface area contributed by atoms with Crippen LogP contribution in [0.2, 0.25) is 0 Å². The van der Waals surface area contributed by atoms with Gasteiger partial charge in [-0.3, -0.25) is 0 Å². The fourth-order valence-corrected chi connectivity index (χ4v) is 1.78. The Morgan fingerprint density at radius 3 is 2.93 bits per heavy atom. The lowest BCUT2D eigenvalue weighted by molar-refractivity contribution is 0.0692. The number of benzene rings is 1. The molecule has 82 valence electrons.